The lowest BCUT2D eigenvalue weighted by Gasteiger charge is -2.24. The molecule has 1 aliphatic heterocycles. The monoisotopic (exact) mass is 535 g/mol. The maximum absolute atomic E-state index is 12.4. The molecule has 1 aliphatic carbocycles. The van der Waals surface area contributed by atoms with Crippen LogP contribution in [0.4, 0.5) is 5.69 Å². The number of thiophene rings is 1. The maximum atomic E-state index is 12.4. The van der Waals surface area contributed by atoms with E-state index < -0.39 is 0 Å². The topological polar surface area (TPSA) is 129 Å². The summed E-state index contributed by atoms with van der Waals surface area (Å²) in [5.41, 5.74) is 5.92. The summed E-state index contributed by atoms with van der Waals surface area (Å²) in [4.78, 5) is 43.3. The molecule has 0 saturated heterocycles. The zero-order chi connectivity index (χ0) is 26.5. The average Bonchev–Trinajstić information content (AvgIpc) is 3.65. The summed E-state index contributed by atoms with van der Waals surface area (Å²) in [7, 11) is 0. The quantitative estimate of drug-likeness (QED) is 0.244. The van der Waals surface area contributed by atoms with Crippen LogP contribution >= 0.6 is 11.3 Å². The van der Waals surface area contributed by atoms with E-state index in [9.17, 15) is 9.59 Å². The van der Waals surface area contributed by atoms with E-state index in [0.29, 0.717) is 23.8 Å². The van der Waals surface area contributed by atoms with Gasteiger partial charge in [0.1, 0.15) is 11.4 Å². The number of imidazole rings is 1. The molecular formula is C29H25N7O2S. The first-order valence-corrected chi connectivity index (χ1v) is 13.8. The number of amides is 1. The average molecular weight is 536 g/mol. The molecular weight excluding hydrogens is 510 g/mol. The predicted octanol–water partition coefficient (Wildman–Crippen LogP) is 5.58. The van der Waals surface area contributed by atoms with Crippen LogP contribution in [0.25, 0.3) is 33.5 Å². The van der Waals surface area contributed by atoms with Crippen molar-refractivity contribution in [1.29, 1.82) is 0 Å². The molecule has 9 nitrogen and oxygen atoms in total. The highest BCUT2D eigenvalue weighted by atomic mass is 32.1. The van der Waals surface area contributed by atoms with Crippen molar-refractivity contribution in [2.75, 3.05) is 11.9 Å². The number of H-pyrrole nitrogens is 2. The molecule has 5 heterocycles. The van der Waals surface area contributed by atoms with Crippen LogP contribution in [0.2, 0.25) is 0 Å². The van der Waals surface area contributed by atoms with Gasteiger partial charge in [-0.25, -0.2) is 4.98 Å². The Morgan fingerprint density at radius 2 is 1.97 bits per heavy atom. The van der Waals surface area contributed by atoms with Crippen molar-refractivity contribution in [3.05, 3.63) is 69.9 Å². The Hall–Kier alpha value is -4.44. The molecule has 1 fully saturated rings. The van der Waals surface area contributed by atoms with E-state index in [1.165, 1.54) is 11.3 Å². The van der Waals surface area contributed by atoms with Crippen molar-refractivity contribution in [2.45, 2.75) is 32.1 Å². The number of benzene rings is 1. The van der Waals surface area contributed by atoms with E-state index in [4.69, 9.17) is 4.98 Å². The van der Waals surface area contributed by atoms with Gasteiger partial charge < -0.3 is 10.3 Å². The number of hydrogen-bond donors (Lipinski definition) is 3. The third-order valence-corrected chi connectivity index (χ3v) is 8.83. The molecule has 7 rings (SSSR count). The Morgan fingerprint density at radius 3 is 2.77 bits per heavy atom. The van der Waals surface area contributed by atoms with Gasteiger partial charge in [-0.3, -0.25) is 24.7 Å². The fourth-order valence-electron chi connectivity index (χ4n) is 5.13. The number of carbonyl (C=O) groups is 2. The normalized spacial score (nSPS) is 16.7. The number of anilines is 1. The summed E-state index contributed by atoms with van der Waals surface area (Å²) in [6.07, 6.45) is 8.29. The summed E-state index contributed by atoms with van der Waals surface area (Å²) >= 11 is 1.51. The number of carbonyl (C=O) groups excluding carboxylic acids is 2. The largest absolute Gasteiger partial charge is 0.339 e. The Morgan fingerprint density at radius 1 is 1.08 bits per heavy atom. The third-order valence-electron chi connectivity index (χ3n) is 7.53. The van der Waals surface area contributed by atoms with E-state index >= 15 is 0 Å². The summed E-state index contributed by atoms with van der Waals surface area (Å²) in [6.45, 7) is 2.18. The van der Waals surface area contributed by atoms with Gasteiger partial charge in [-0.05, 0) is 55.7 Å². The SMILES string of the molecule is CC(=O)c1ccc(C2CN=Cc3nc(-c4n[nH]c5ccc(-c6cncc(NC(=O)C7CCC7)c6)cc45)[nH]c32)s1. The minimum Gasteiger partial charge on any atom is -0.339 e. The van der Waals surface area contributed by atoms with E-state index in [-0.39, 0.29) is 23.5 Å². The lowest BCUT2D eigenvalue weighted by Crippen LogP contribution is -2.28. The van der Waals surface area contributed by atoms with Crippen molar-refractivity contribution in [3.8, 4) is 22.6 Å². The van der Waals surface area contributed by atoms with Crippen molar-refractivity contribution in [1.82, 2.24) is 25.1 Å². The van der Waals surface area contributed by atoms with Crippen LogP contribution in [0, 0.1) is 5.92 Å². The van der Waals surface area contributed by atoms with Gasteiger partial charge in [0.25, 0.3) is 0 Å². The summed E-state index contributed by atoms with van der Waals surface area (Å²) in [6, 6.07) is 11.9. The van der Waals surface area contributed by atoms with Gasteiger partial charge in [0, 0.05) is 34.2 Å². The molecule has 1 amide bonds. The smallest absolute Gasteiger partial charge is 0.227 e. The fraction of sp³-hybridized carbons (Fsp3) is 0.241. The van der Waals surface area contributed by atoms with Crippen LogP contribution in [0.5, 0.6) is 0 Å². The van der Waals surface area contributed by atoms with Gasteiger partial charge in [0.2, 0.25) is 5.91 Å². The lowest BCUT2D eigenvalue weighted by atomic mass is 9.85. The zero-order valence-electron chi connectivity index (χ0n) is 21.2. The Bertz CT molecular complexity index is 1780. The van der Waals surface area contributed by atoms with Gasteiger partial charge in [0.05, 0.1) is 40.4 Å². The summed E-state index contributed by atoms with van der Waals surface area (Å²) < 4.78 is 0. The number of Topliss-reactive ketones (excluding diaryl/α,β-unsaturated/α-hetero) is 1. The number of hydrogen-bond acceptors (Lipinski definition) is 7. The number of aromatic amines is 2. The fourth-order valence-corrected chi connectivity index (χ4v) is 6.13. The second-order valence-corrected chi connectivity index (χ2v) is 11.2. The molecule has 0 radical (unpaired) electrons. The minimum atomic E-state index is 0.00841. The molecule has 1 atom stereocenters. The number of rotatable bonds is 6. The predicted molar refractivity (Wildman–Crippen MR) is 152 cm³/mol. The molecule has 5 aromatic rings. The second-order valence-electron chi connectivity index (χ2n) is 10.1. The van der Waals surface area contributed by atoms with Gasteiger partial charge in [0.15, 0.2) is 11.6 Å². The molecule has 1 aromatic carbocycles. The number of ketones is 1. The highest BCUT2D eigenvalue weighted by Gasteiger charge is 2.27. The maximum Gasteiger partial charge on any atom is 0.227 e. The van der Waals surface area contributed by atoms with E-state index in [1.807, 2.05) is 30.3 Å². The first-order chi connectivity index (χ1) is 19.0. The van der Waals surface area contributed by atoms with Crippen molar-refractivity contribution >= 4 is 45.8 Å². The molecule has 3 N–H and O–H groups in total. The number of nitrogens with zero attached hydrogens (tertiary/aromatic N) is 4. The molecule has 4 aromatic heterocycles. The molecule has 1 saturated carbocycles. The van der Waals surface area contributed by atoms with Crippen molar-refractivity contribution in [2.24, 2.45) is 10.9 Å². The Balaban J connectivity index is 1.21. The number of aromatic nitrogens is 5. The number of aliphatic imine (C=N–C) groups is 1. The standard InChI is InChI=1S/C29H25N7O2S/c1-15(37)24-7-8-25(39-24)21-13-31-14-23-26(21)34-28(33-23)27-20-10-17(5-6-22(20)35-36-27)18-9-19(12-30-11-18)32-29(38)16-3-2-4-16/h5-12,14,16,21H,2-4,13H2,1H3,(H,32,38)(H,33,34)(H,35,36). The number of nitrogens with one attached hydrogen (secondary N) is 3. The van der Waals surface area contributed by atoms with Crippen LogP contribution < -0.4 is 5.32 Å². The Labute approximate surface area is 227 Å². The van der Waals surface area contributed by atoms with E-state index in [0.717, 1.165) is 62.4 Å². The van der Waals surface area contributed by atoms with Crippen molar-refractivity contribution in [3.63, 3.8) is 0 Å². The van der Waals surface area contributed by atoms with Crippen LogP contribution in [0.15, 0.2) is 53.8 Å². The van der Waals surface area contributed by atoms with Crippen LogP contribution in [-0.2, 0) is 4.79 Å². The van der Waals surface area contributed by atoms with Crippen LogP contribution in [0.3, 0.4) is 0 Å². The molecule has 10 heteroatoms. The highest BCUT2D eigenvalue weighted by Crippen LogP contribution is 2.36. The molecule has 39 heavy (non-hydrogen) atoms. The van der Waals surface area contributed by atoms with Crippen molar-refractivity contribution < 1.29 is 9.59 Å². The first-order valence-electron chi connectivity index (χ1n) is 13.0. The summed E-state index contributed by atoms with van der Waals surface area (Å²) in [5, 5.41) is 11.6. The van der Waals surface area contributed by atoms with Crippen LogP contribution in [0.1, 0.15) is 58.0 Å². The molecule has 0 spiro atoms. The third kappa shape index (κ3) is 4.26. The number of pyridine rings is 1. The van der Waals surface area contributed by atoms with Gasteiger partial charge in [-0.2, -0.15) is 5.10 Å². The van der Waals surface area contributed by atoms with Gasteiger partial charge in [-0.15, -0.1) is 11.3 Å². The van der Waals surface area contributed by atoms with Gasteiger partial charge in [-0.1, -0.05) is 12.5 Å². The second kappa shape index (κ2) is 9.39. The summed E-state index contributed by atoms with van der Waals surface area (Å²) in [5.74, 6) is 0.907. The minimum absolute atomic E-state index is 0.00841. The number of fused-ring (bicyclic) bond motifs is 2. The lowest BCUT2D eigenvalue weighted by molar-refractivity contribution is -0.122. The zero-order valence-corrected chi connectivity index (χ0v) is 22.0. The first kappa shape index (κ1) is 23.7. The van der Waals surface area contributed by atoms with Crippen LogP contribution in [-0.4, -0.2) is 49.6 Å². The Kier molecular flexibility index (Phi) is 5.70. The molecule has 0 bridgehead atoms. The molecule has 2 aliphatic rings. The van der Waals surface area contributed by atoms with E-state index in [2.05, 4.69) is 36.5 Å². The van der Waals surface area contributed by atoms with Gasteiger partial charge >= 0.3 is 0 Å². The molecule has 1 unspecified atom stereocenters. The van der Waals surface area contributed by atoms with E-state index in [1.54, 1.807) is 25.5 Å². The highest BCUT2D eigenvalue weighted by molar-refractivity contribution is 7.14. The molecule has 194 valence electrons.